The van der Waals surface area contributed by atoms with Crippen molar-refractivity contribution in [3.63, 3.8) is 0 Å². The zero-order chi connectivity index (χ0) is 37.6. The summed E-state index contributed by atoms with van der Waals surface area (Å²) in [5.41, 5.74) is 5.57. The third-order valence-electron chi connectivity index (χ3n) is 8.14. The fourth-order valence-electron chi connectivity index (χ4n) is 5.62. The number of piperazine rings is 1. The molecule has 3 heterocycles. The Morgan fingerprint density at radius 1 is 0.577 bits per heavy atom. The number of aliphatic carboxylic acids is 2. The largest absolute Gasteiger partial charge is 0.493 e. The van der Waals surface area contributed by atoms with E-state index in [4.69, 9.17) is 48.6 Å². The number of pyridine rings is 2. The molecular weight excluding hydrogens is 672 g/mol. The average molecular weight is 717 g/mol. The summed E-state index contributed by atoms with van der Waals surface area (Å²) >= 11 is 0. The molecule has 14 heteroatoms. The molecule has 0 aliphatic carbocycles. The fraction of sp³-hybridized carbons (Fsp3) is 0.316. The molecule has 0 atom stereocenters. The van der Waals surface area contributed by atoms with Crippen LogP contribution in [0.3, 0.4) is 0 Å². The molecule has 2 N–H and O–H groups in total. The van der Waals surface area contributed by atoms with Gasteiger partial charge in [0.25, 0.3) is 0 Å². The van der Waals surface area contributed by atoms with E-state index < -0.39 is 11.9 Å². The van der Waals surface area contributed by atoms with Gasteiger partial charge in [0.05, 0.1) is 65.4 Å². The molecule has 0 unspecified atom stereocenters. The minimum Gasteiger partial charge on any atom is -0.493 e. The third kappa shape index (κ3) is 10.3. The first-order chi connectivity index (χ1) is 25.1. The zero-order valence-electron chi connectivity index (χ0n) is 30.1. The van der Waals surface area contributed by atoms with Crippen LogP contribution < -0.4 is 28.4 Å². The molecule has 1 aliphatic rings. The van der Waals surface area contributed by atoms with E-state index in [0.717, 1.165) is 73.2 Å². The SMILES string of the molecule is COc1cc(-c2cccc(CN3CCN(Cc4cccc(-c5cc(OC)c(OC)c(OC)c5)n4)CC3)n2)cc(OC)c1OC.O=C(O)/C=C\C(=O)O. The fourth-order valence-corrected chi connectivity index (χ4v) is 5.62. The van der Waals surface area contributed by atoms with Crippen LogP contribution in [0.15, 0.2) is 72.8 Å². The number of benzene rings is 2. The second-order valence-corrected chi connectivity index (χ2v) is 11.4. The first-order valence-electron chi connectivity index (χ1n) is 16.2. The van der Waals surface area contributed by atoms with Crippen LogP contribution >= 0.6 is 0 Å². The van der Waals surface area contributed by atoms with E-state index in [1.165, 1.54) is 0 Å². The van der Waals surface area contributed by atoms with Crippen molar-refractivity contribution in [3.05, 3.63) is 84.2 Å². The van der Waals surface area contributed by atoms with Gasteiger partial charge in [0.15, 0.2) is 23.0 Å². The van der Waals surface area contributed by atoms with Crippen molar-refractivity contribution < 1.29 is 48.2 Å². The number of hydrogen-bond acceptors (Lipinski definition) is 12. The van der Waals surface area contributed by atoms with E-state index in [-0.39, 0.29) is 0 Å². The van der Waals surface area contributed by atoms with E-state index in [0.29, 0.717) is 46.6 Å². The van der Waals surface area contributed by atoms with E-state index in [1.807, 2.05) is 48.5 Å². The Kier molecular flexibility index (Phi) is 14.2. The maximum absolute atomic E-state index is 9.55. The number of aromatic nitrogens is 2. The van der Waals surface area contributed by atoms with Gasteiger partial charge in [-0.1, -0.05) is 12.1 Å². The van der Waals surface area contributed by atoms with Crippen LogP contribution in [-0.4, -0.2) is 111 Å². The van der Waals surface area contributed by atoms with Crippen molar-refractivity contribution in [1.82, 2.24) is 19.8 Å². The standard InChI is InChI=1S/C34H40N4O6.C4H4O4/c1-39-29-17-23(18-30(40-2)33(29)43-5)27-11-7-9-25(35-27)21-37-13-15-38(16-14-37)22-26-10-8-12-28(36-26)24-19-31(41-3)34(44-6)32(20-24)42-4;5-3(6)1-2-4(7)8/h7-12,17-20H,13-16,21-22H2,1-6H3;1-2H,(H,5,6)(H,7,8)/b;2-1-. The van der Waals surface area contributed by atoms with Crippen LogP contribution in [0.25, 0.3) is 22.5 Å². The number of carbonyl (C=O) groups is 2. The predicted octanol–water partition coefficient (Wildman–Crippen LogP) is 4.89. The van der Waals surface area contributed by atoms with Crippen molar-refractivity contribution in [1.29, 1.82) is 0 Å². The quantitative estimate of drug-likeness (QED) is 0.170. The summed E-state index contributed by atoms with van der Waals surface area (Å²) < 4.78 is 33.1. The Labute approximate surface area is 302 Å². The number of hydrogen-bond donors (Lipinski definition) is 2. The van der Waals surface area contributed by atoms with Crippen molar-refractivity contribution in [3.8, 4) is 57.0 Å². The number of ether oxygens (including phenoxy) is 6. The highest BCUT2D eigenvalue weighted by Crippen LogP contribution is 2.42. The number of rotatable bonds is 14. The lowest BCUT2D eigenvalue weighted by Gasteiger charge is -2.34. The van der Waals surface area contributed by atoms with Gasteiger partial charge in [-0.05, 0) is 48.5 Å². The van der Waals surface area contributed by atoms with Crippen LogP contribution in [0.4, 0.5) is 0 Å². The monoisotopic (exact) mass is 716 g/mol. The highest BCUT2D eigenvalue weighted by atomic mass is 16.5. The lowest BCUT2D eigenvalue weighted by molar-refractivity contribution is -0.134. The summed E-state index contributed by atoms with van der Waals surface area (Å²) in [4.78, 5) is 33.9. The Morgan fingerprint density at radius 2 is 0.904 bits per heavy atom. The lowest BCUT2D eigenvalue weighted by Crippen LogP contribution is -2.45. The molecule has 52 heavy (non-hydrogen) atoms. The van der Waals surface area contributed by atoms with Gasteiger partial charge in [0.1, 0.15) is 0 Å². The first kappa shape index (κ1) is 38.9. The van der Waals surface area contributed by atoms with Gasteiger partial charge >= 0.3 is 11.9 Å². The van der Waals surface area contributed by atoms with E-state index >= 15 is 0 Å². The Bertz CT molecular complexity index is 1670. The van der Waals surface area contributed by atoms with Crippen molar-refractivity contribution >= 4 is 11.9 Å². The van der Waals surface area contributed by atoms with Gasteiger partial charge in [-0.3, -0.25) is 19.8 Å². The summed E-state index contributed by atoms with van der Waals surface area (Å²) in [5.74, 6) is 1.04. The molecule has 1 fully saturated rings. The summed E-state index contributed by atoms with van der Waals surface area (Å²) in [6.07, 6.45) is 1.12. The molecule has 0 spiro atoms. The van der Waals surface area contributed by atoms with Gasteiger partial charge in [0, 0.05) is 62.5 Å². The van der Waals surface area contributed by atoms with Gasteiger partial charge in [-0.2, -0.15) is 0 Å². The number of carboxylic acid groups (broad SMARTS) is 2. The minimum absolute atomic E-state index is 0.558. The summed E-state index contributed by atoms with van der Waals surface area (Å²) in [6.45, 7) is 5.35. The molecule has 1 saturated heterocycles. The topological polar surface area (TPSA) is 162 Å². The van der Waals surface area contributed by atoms with Crippen molar-refractivity contribution in [2.75, 3.05) is 68.8 Å². The van der Waals surface area contributed by atoms with E-state index in [2.05, 4.69) is 21.9 Å². The molecule has 0 radical (unpaired) electrons. The highest BCUT2D eigenvalue weighted by molar-refractivity contribution is 5.89. The van der Waals surface area contributed by atoms with Crippen LogP contribution in [0.1, 0.15) is 11.4 Å². The Morgan fingerprint density at radius 3 is 1.17 bits per heavy atom. The smallest absolute Gasteiger partial charge is 0.328 e. The molecule has 4 aromatic rings. The molecule has 2 aromatic carbocycles. The Balaban J connectivity index is 0.000000677. The van der Waals surface area contributed by atoms with E-state index in [9.17, 15) is 9.59 Å². The third-order valence-corrected chi connectivity index (χ3v) is 8.14. The van der Waals surface area contributed by atoms with Crippen LogP contribution in [-0.2, 0) is 22.7 Å². The molecule has 1 aliphatic heterocycles. The number of methoxy groups -OCH3 is 6. The summed E-state index contributed by atoms with van der Waals surface area (Å²) in [7, 11) is 9.68. The van der Waals surface area contributed by atoms with Gasteiger partial charge < -0.3 is 38.6 Å². The predicted molar refractivity (Wildman–Crippen MR) is 194 cm³/mol. The molecule has 276 valence electrons. The second-order valence-electron chi connectivity index (χ2n) is 11.4. The number of carboxylic acids is 2. The first-order valence-corrected chi connectivity index (χ1v) is 16.2. The van der Waals surface area contributed by atoms with Crippen molar-refractivity contribution in [2.24, 2.45) is 0 Å². The van der Waals surface area contributed by atoms with Gasteiger partial charge in [0.2, 0.25) is 11.5 Å². The zero-order valence-corrected chi connectivity index (χ0v) is 30.1. The molecule has 2 aromatic heterocycles. The molecule has 14 nitrogen and oxygen atoms in total. The van der Waals surface area contributed by atoms with Crippen molar-refractivity contribution in [2.45, 2.75) is 13.1 Å². The highest BCUT2D eigenvalue weighted by Gasteiger charge is 2.20. The van der Waals surface area contributed by atoms with E-state index in [1.54, 1.807) is 42.7 Å². The van der Waals surface area contributed by atoms with Crippen LogP contribution in [0.5, 0.6) is 34.5 Å². The van der Waals surface area contributed by atoms with Gasteiger partial charge in [-0.25, -0.2) is 9.59 Å². The molecular formula is C38H44N4O10. The van der Waals surface area contributed by atoms with Crippen LogP contribution in [0, 0.1) is 0 Å². The molecule has 0 bridgehead atoms. The number of nitrogens with zero attached hydrogens (tertiary/aromatic N) is 4. The van der Waals surface area contributed by atoms with Gasteiger partial charge in [-0.15, -0.1) is 0 Å². The normalized spacial score (nSPS) is 13.1. The summed E-state index contributed by atoms with van der Waals surface area (Å²) in [5, 5.41) is 15.6. The molecule has 0 saturated carbocycles. The second kappa shape index (κ2) is 18.9. The minimum atomic E-state index is -1.26. The summed E-state index contributed by atoms with van der Waals surface area (Å²) in [6, 6.07) is 20.0. The maximum Gasteiger partial charge on any atom is 0.328 e. The molecule has 0 amide bonds. The average Bonchev–Trinajstić information content (AvgIpc) is 3.17. The van der Waals surface area contributed by atoms with Crippen LogP contribution in [0.2, 0.25) is 0 Å². The maximum atomic E-state index is 9.55. The lowest BCUT2D eigenvalue weighted by atomic mass is 10.1. The Hall–Kier alpha value is -5.86. The molecule has 5 rings (SSSR count).